The largest absolute Gasteiger partial charge is 0.424 e. The fourth-order valence-electron chi connectivity index (χ4n) is 1.94. The molecule has 1 saturated carbocycles. The van der Waals surface area contributed by atoms with Crippen molar-refractivity contribution in [1.29, 1.82) is 0 Å². The lowest BCUT2D eigenvalue weighted by Crippen LogP contribution is -2.15. The SMILES string of the molecule is CCc1ccc(Oc2ncc(CNC3CC3)cn2)cc1. The average Bonchev–Trinajstić information content (AvgIpc) is 3.32. The lowest BCUT2D eigenvalue weighted by Gasteiger charge is -2.06. The molecule has 0 atom stereocenters. The van der Waals surface area contributed by atoms with E-state index >= 15 is 0 Å². The van der Waals surface area contributed by atoms with Crippen LogP contribution < -0.4 is 10.1 Å². The number of benzene rings is 1. The molecular formula is C16H19N3O. The zero-order chi connectivity index (χ0) is 13.8. The van der Waals surface area contributed by atoms with Crippen molar-refractivity contribution in [3.63, 3.8) is 0 Å². The first kappa shape index (κ1) is 13.1. The van der Waals surface area contributed by atoms with Gasteiger partial charge in [-0.3, -0.25) is 0 Å². The molecule has 0 radical (unpaired) electrons. The van der Waals surface area contributed by atoms with E-state index in [2.05, 4.69) is 34.3 Å². The summed E-state index contributed by atoms with van der Waals surface area (Å²) < 4.78 is 5.63. The number of aryl methyl sites for hydroxylation is 1. The summed E-state index contributed by atoms with van der Waals surface area (Å²) in [5.74, 6) is 0.769. The van der Waals surface area contributed by atoms with Gasteiger partial charge in [-0.2, -0.15) is 0 Å². The molecule has 1 fully saturated rings. The summed E-state index contributed by atoms with van der Waals surface area (Å²) in [5, 5.41) is 3.43. The Morgan fingerprint density at radius 3 is 2.40 bits per heavy atom. The Balaban J connectivity index is 1.58. The summed E-state index contributed by atoms with van der Waals surface area (Å²) >= 11 is 0. The second-order valence-electron chi connectivity index (χ2n) is 5.13. The topological polar surface area (TPSA) is 47.0 Å². The third-order valence-corrected chi connectivity index (χ3v) is 3.39. The van der Waals surface area contributed by atoms with Gasteiger partial charge in [0, 0.05) is 30.5 Å². The Hall–Kier alpha value is -1.94. The van der Waals surface area contributed by atoms with Crippen LogP contribution in [-0.4, -0.2) is 16.0 Å². The van der Waals surface area contributed by atoms with Crippen molar-refractivity contribution in [2.75, 3.05) is 0 Å². The molecule has 3 rings (SSSR count). The first-order valence-corrected chi connectivity index (χ1v) is 7.14. The third kappa shape index (κ3) is 3.54. The summed E-state index contributed by atoms with van der Waals surface area (Å²) in [6, 6.07) is 9.11. The number of rotatable bonds is 6. The molecule has 1 aliphatic rings. The van der Waals surface area contributed by atoms with Crippen LogP contribution in [0.3, 0.4) is 0 Å². The van der Waals surface area contributed by atoms with Crippen LogP contribution in [0.25, 0.3) is 0 Å². The molecule has 104 valence electrons. The fraction of sp³-hybridized carbons (Fsp3) is 0.375. The maximum absolute atomic E-state index is 5.63. The minimum Gasteiger partial charge on any atom is -0.424 e. The van der Waals surface area contributed by atoms with Gasteiger partial charge in [0.05, 0.1) is 0 Å². The highest BCUT2D eigenvalue weighted by atomic mass is 16.5. The maximum atomic E-state index is 5.63. The van der Waals surface area contributed by atoms with Crippen molar-refractivity contribution in [3.05, 3.63) is 47.8 Å². The van der Waals surface area contributed by atoms with Gasteiger partial charge in [0.15, 0.2) is 0 Å². The number of aromatic nitrogens is 2. The van der Waals surface area contributed by atoms with E-state index in [1.807, 2.05) is 24.5 Å². The standard InChI is InChI=1S/C16H19N3O/c1-2-12-3-7-15(8-4-12)20-16-18-10-13(11-19-16)9-17-14-5-6-14/h3-4,7-8,10-11,14,17H,2,5-6,9H2,1H3. The quantitative estimate of drug-likeness (QED) is 0.875. The molecule has 0 spiro atoms. The van der Waals surface area contributed by atoms with Crippen LogP contribution in [0.2, 0.25) is 0 Å². The highest BCUT2D eigenvalue weighted by molar-refractivity contribution is 5.29. The van der Waals surface area contributed by atoms with Crippen LogP contribution >= 0.6 is 0 Å². The predicted octanol–water partition coefficient (Wildman–Crippen LogP) is 3.08. The molecule has 2 aromatic rings. The number of nitrogens with zero attached hydrogens (tertiary/aromatic N) is 2. The Labute approximate surface area is 119 Å². The molecule has 1 N–H and O–H groups in total. The number of nitrogens with one attached hydrogen (secondary N) is 1. The number of hydrogen-bond acceptors (Lipinski definition) is 4. The van der Waals surface area contributed by atoms with Gasteiger partial charge in [0.1, 0.15) is 5.75 Å². The Morgan fingerprint density at radius 1 is 1.10 bits per heavy atom. The van der Waals surface area contributed by atoms with Crippen LogP contribution in [0.5, 0.6) is 11.8 Å². The predicted molar refractivity (Wildman–Crippen MR) is 77.8 cm³/mol. The lowest BCUT2D eigenvalue weighted by molar-refractivity contribution is 0.440. The van der Waals surface area contributed by atoms with Crippen molar-refractivity contribution in [3.8, 4) is 11.8 Å². The molecule has 1 aromatic heterocycles. The molecular weight excluding hydrogens is 250 g/mol. The molecule has 0 amide bonds. The third-order valence-electron chi connectivity index (χ3n) is 3.39. The van der Waals surface area contributed by atoms with E-state index in [9.17, 15) is 0 Å². The molecule has 1 heterocycles. The van der Waals surface area contributed by atoms with Crippen molar-refractivity contribution < 1.29 is 4.74 Å². The van der Waals surface area contributed by atoms with Gasteiger partial charge in [-0.25, -0.2) is 9.97 Å². The molecule has 0 bridgehead atoms. The van der Waals surface area contributed by atoms with Crippen LogP contribution in [0.4, 0.5) is 0 Å². The van der Waals surface area contributed by atoms with Gasteiger partial charge in [-0.15, -0.1) is 0 Å². The van der Waals surface area contributed by atoms with Crippen molar-refractivity contribution in [2.24, 2.45) is 0 Å². The molecule has 1 aliphatic carbocycles. The van der Waals surface area contributed by atoms with E-state index in [0.717, 1.165) is 24.3 Å². The molecule has 4 nitrogen and oxygen atoms in total. The van der Waals surface area contributed by atoms with Gasteiger partial charge in [0.25, 0.3) is 0 Å². The Kier molecular flexibility index (Phi) is 3.92. The highest BCUT2D eigenvalue weighted by Crippen LogP contribution is 2.20. The number of hydrogen-bond donors (Lipinski definition) is 1. The zero-order valence-electron chi connectivity index (χ0n) is 11.7. The smallest absolute Gasteiger partial charge is 0.321 e. The van der Waals surface area contributed by atoms with Crippen molar-refractivity contribution in [1.82, 2.24) is 15.3 Å². The maximum Gasteiger partial charge on any atom is 0.321 e. The summed E-state index contributed by atoms with van der Waals surface area (Å²) in [6.07, 6.45) is 7.24. The van der Waals surface area contributed by atoms with Crippen molar-refractivity contribution >= 4 is 0 Å². The van der Waals surface area contributed by atoms with E-state index in [-0.39, 0.29) is 0 Å². The van der Waals surface area contributed by atoms with Gasteiger partial charge < -0.3 is 10.1 Å². The van der Waals surface area contributed by atoms with Crippen molar-refractivity contribution in [2.45, 2.75) is 38.8 Å². The fourth-order valence-corrected chi connectivity index (χ4v) is 1.94. The van der Waals surface area contributed by atoms with Gasteiger partial charge in [-0.05, 0) is 37.0 Å². The molecule has 0 aliphatic heterocycles. The Bertz CT molecular complexity index is 547. The number of ether oxygens (including phenoxy) is 1. The first-order valence-electron chi connectivity index (χ1n) is 7.14. The Morgan fingerprint density at radius 2 is 1.80 bits per heavy atom. The van der Waals surface area contributed by atoms with Crippen LogP contribution in [-0.2, 0) is 13.0 Å². The van der Waals surface area contributed by atoms with Gasteiger partial charge in [-0.1, -0.05) is 19.1 Å². The zero-order valence-corrected chi connectivity index (χ0v) is 11.7. The molecule has 20 heavy (non-hydrogen) atoms. The van der Waals surface area contributed by atoms with E-state index < -0.39 is 0 Å². The summed E-state index contributed by atoms with van der Waals surface area (Å²) in [5.41, 5.74) is 2.38. The normalized spacial score (nSPS) is 14.2. The minimum absolute atomic E-state index is 0.393. The molecule has 0 saturated heterocycles. The average molecular weight is 269 g/mol. The monoisotopic (exact) mass is 269 g/mol. The first-order chi connectivity index (χ1) is 9.83. The molecule has 4 heteroatoms. The van der Waals surface area contributed by atoms with E-state index in [0.29, 0.717) is 12.1 Å². The van der Waals surface area contributed by atoms with E-state index in [4.69, 9.17) is 4.74 Å². The lowest BCUT2D eigenvalue weighted by atomic mass is 10.2. The summed E-state index contributed by atoms with van der Waals surface area (Å²) in [7, 11) is 0. The minimum atomic E-state index is 0.393. The van der Waals surface area contributed by atoms with E-state index in [1.54, 1.807) is 0 Å². The van der Waals surface area contributed by atoms with Gasteiger partial charge in [0.2, 0.25) is 0 Å². The van der Waals surface area contributed by atoms with E-state index in [1.165, 1.54) is 18.4 Å². The molecule has 0 unspecified atom stereocenters. The van der Waals surface area contributed by atoms with Gasteiger partial charge >= 0.3 is 6.01 Å². The van der Waals surface area contributed by atoms with Crippen LogP contribution in [0, 0.1) is 0 Å². The highest BCUT2D eigenvalue weighted by Gasteiger charge is 2.19. The summed E-state index contributed by atoms with van der Waals surface area (Å²) in [4.78, 5) is 8.48. The second-order valence-corrected chi connectivity index (χ2v) is 5.13. The second kappa shape index (κ2) is 6.01. The summed E-state index contributed by atoms with van der Waals surface area (Å²) in [6.45, 7) is 2.96. The van der Waals surface area contributed by atoms with Crippen LogP contribution in [0.1, 0.15) is 30.9 Å². The van der Waals surface area contributed by atoms with Crippen LogP contribution in [0.15, 0.2) is 36.7 Å². The molecule has 1 aromatic carbocycles.